The van der Waals surface area contributed by atoms with Crippen molar-refractivity contribution in [2.24, 2.45) is 5.92 Å². The van der Waals surface area contributed by atoms with E-state index in [1.165, 1.54) is 24.0 Å². The molecule has 0 spiro atoms. The number of allylic oxidation sites excluding steroid dienone is 3. The minimum atomic E-state index is 0.744. The minimum absolute atomic E-state index is 0.744. The van der Waals surface area contributed by atoms with Gasteiger partial charge in [-0.05, 0) is 43.0 Å². The fraction of sp³-hybridized carbons (Fsp3) is 0.714. The highest BCUT2D eigenvalue weighted by Crippen LogP contribution is 2.34. The molecule has 0 aromatic heterocycles. The Morgan fingerprint density at radius 2 is 1.73 bits per heavy atom. The van der Waals surface area contributed by atoms with Gasteiger partial charge in [0, 0.05) is 7.05 Å². The average Bonchev–Trinajstić information content (AvgIpc) is 2.66. The molecule has 0 aliphatic heterocycles. The van der Waals surface area contributed by atoms with E-state index in [2.05, 4.69) is 31.4 Å². The third kappa shape index (κ3) is 5.66. The van der Waals surface area contributed by atoms with E-state index in [0.717, 1.165) is 5.92 Å². The van der Waals surface area contributed by atoms with Gasteiger partial charge in [0.2, 0.25) is 0 Å². The Morgan fingerprint density at radius 3 is 2.13 bits per heavy atom. The topological polar surface area (TPSA) is 12.0 Å². The van der Waals surface area contributed by atoms with Crippen molar-refractivity contribution < 1.29 is 0 Å². The zero-order valence-corrected chi connectivity index (χ0v) is 11.6. The summed E-state index contributed by atoms with van der Waals surface area (Å²) in [5, 5.41) is 3.10. The smallest absolute Gasteiger partial charge is 0.00278 e. The van der Waals surface area contributed by atoms with Crippen molar-refractivity contribution in [2.45, 2.75) is 54.4 Å². The average molecular weight is 211 g/mol. The number of hydrogen-bond donors (Lipinski definition) is 1. The van der Waals surface area contributed by atoms with Gasteiger partial charge in [-0.1, -0.05) is 40.7 Å². The van der Waals surface area contributed by atoms with Crippen molar-refractivity contribution in [3.05, 3.63) is 23.4 Å². The van der Waals surface area contributed by atoms with E-state index in [-0.39, 0.29) is 0 Å². The second-order valence-electron chi connectivity index (χ2n) is 3.14. The van der Waals surface area contributed by atoms with Gasteiger partial charge in [0.15, 0.2) is 0 Å². The van der Waals surface area contributed by atoms with Gasteiger partial charge in [-0.3, -0.25) is 0 Å². The molecule has 1 rings (SSSR count). The Hall–Kier alpha value is -0.720. The van der Waals surface area contributed by atoms with Crippen molar-refractivity contribution in [1.29, 1.82) is 0 Å². The fourth-order valence-electron chi connectivity index (χ4n) is 1.69. The van der Waals surface area contributed by atoms with Gasteiger partial charge in [-0.25, -0.2) is 0 Å². The maximum Gasteiger partial charge on any atom is 0.00278 e. The van der Waals surface area contributed by atoms with Crippen LogP contribution in [-0.4, -0.2) is 7.05 Å². The molecular weight excluding hydrogens is 182 g/mol. The molecule has 15 heavy (non-hydrogen) atoms. The summed E-state index contributed by atoms with van der Waals surface area (Å²) in [6, 6.07) is 0. The molecule has 0 aromatic rings. The van der Waals surface area contributed by atoms with Gasteiger partial charge in [0.05, 0.1) is 0 Å². The maximum absolute atomic E-state index is 3.10. The lowest BCUT2D eigenvalue weighted by Crippen LogP contribution is -1.99. The Kier molecular flexibility index (Phi) is 12.6. The molecule has 1 aliphatic rings. The maximum atomic E-state index is 3.10. The van der Waals surface area contributed by atoms with Crippen LogP contribution in [0, 0.1) is 5.92 Å². The highest BCUT2D eigenvalue weighted by atomic mass is 14.8. The summed E-state index contributed by atoms with van der Waals surface area (Å²) in [6.45, 7) is 12.4. The number of hydrogen-bond acceptors (Lipinski definition) is 1. The molecule has 1 heteroatoms. The van der Waals surface area contributed by atoms with Gasteiger partial charge in [0.1, 0.15) is 0 Å². The second kappa shape index (κ2) is 11.4. The lowest BCUT2D eigenvalue weighted by molar-refractivity contribution is 0.693. The number of rotatable bonds is 1. The second-order valence-corrected chi connectivity index (χ2v) is 3.14. The van der Waals surface area contributed by atoms with Crippen molar-refractivity contribution in [3.8, 4) is 0 Å². The Balaban J connectivity index is 0. The predicted octanol–water partition coefficient (Wildman–Crippen LogP) is 4.52. The van der Waals surface area contributed by atoms with Crippen LogP contribution in [0.15, 0.2) is 23.4 Å². The minimum Gasteiger partial charge on any atom is -0.394 e. The molecule has 1 nitrogen and oxygen atoms in total. The first kappa shape index (κ1) is 16.7. The molecule has 1 fully saturated rings. The van der Waals surface area contributed by atoms with E-state index >= 15 is 0 Å². The third-order valence-corrected chi connectivity index (χ3v) is 2.40. The molecular formula is C14H29N. The molecule has 0 amide bonds. The molecule has 0 saturated heterocycles. The summed E-state index contributed by atoms with van der Waals surface area (Å²) in [6.07, 6.45) is 6.93. The van der Waals surface area contributed by atoms with E-state index < -0.39 is 0 Å². The van der Waals surface area contributed by atoms with E-state index in [4.69, 9.17) is 0 Å². The summed E-state index contributed by atoms with van der Waals surface area (Å²) in [4.78, 5) is 0. The van der Waals surface area contributed by atoms with Crippen LogP contribution >= 0.6 is 0 Å². The van der Waals surface area contributed by atoms with E-state index in [1.54, 1.807) is 0 Å². The van der Waals surface area contributed by atoms with E-state index in [0.29, 0.717) is 0 Å². The summed E-state index contributed by atoms with van der Waals surface area (Å²) in [5.74, 6) is 0.744. The van der Waals surface area contributed by atoms with Crippen molar-refractivity contribution in [1.82, 2.24) is 5.32 Å². The molecule has 1 aliphatic carbocycles. The van der Waals surface area contributed by atoms with Crippen LogP contribution in [0.5, 0.6) is 0 Å². The SMILES string of the molecule is C/C=C1/CCC(C)/C1=C/NC.CC.CC. The van der Waals surface area contributed by atoms with Crippen LogP contribution in [0.4, 0.5) is 0 Å². The molecule has 1 saturated carbocycles. The highest BCUT2D eigenvalue weighted by molar-refractivity contribution is 5.36. The first-order valence-electron chi connectivity index (χ1n) is 6.32. The van der Waals surface area contributed by atoms with Crippen LogP contribution in [-0.2, 0) is 0 Å². The van der Waals surface area contributed by atoms with Gasteiger partial charge in [-0.15, -0.1) is 0 Å². The molecule has 0 heterocycles. The van der Waals surface area contributed by atoms with Gasteiger partial charge in [0.25, 0.3) is 0 Å². The van der Waals surface area contributed by atoms with Crippen molar-refractivity contribution in [2.75, 3.05) is 7.05 Å². The summed E-state index contributed by atoms with van der Waals surface area (Å²) < 4.78 is 0. The zero-order chi connectivity index (χ0) is 12.3. The lowest BCUT2D eigenvalue weighted by Gasteiger charge is -2.04. The fourth-order valence-corrected chi connectivity index (χ4v) is 1.69. The number of nitrogens with one attached hydrogen (secondary N) is 1. The predicted molar refractivity (Wildman–Crippen MR) is 72.0 cm³/mol. The summed E-state index contributed by atoms with van der Waals surface area (Å²) in [5.41, 5.74) is 3.02. The Morgan fingerprint density at radius 1 is 1.20 bits per heavy atom. The molecule has 0 aromatic carbocycles. The van der Waals surface area contributed by atoms with Crippen molar-refractivity contribution >= 4 is 0 Å². The molecule has 90 valence electrons. The zero-order valence-electron chi connectivity index (χ0n) is 11.6. The van der Waals surface area contributed by atoms with E-state index in [1.807, 2.05) is 34.7 Å². The van der Waals surface area contributed by atoms with Gasteiger partial charge >= 0.3 is 0 Å². The van der Waals surface area contributed by atoms with Gasteiger partial charge in [-0.2, -0.15) is 0 Å². The highest BCUT2D eigenvalue weighted by Gasteiger charge is 2.19. The van der Waals surface area contributed by atoms with Crippen LogP contribution < -0.4 is 5.32 Å². The van der Waals surface area contributed by atoms with Crippen LogP contribution in [0.3, 0.4) is 0 Å². The van der Waals surface area contributed by atoms with Gasteiger partial charge < -0.3 is 5.32 Å². The van der Waals surface area contributed by atoms with Crippen LogP contribution in [0.1, 0.15) is 54.4 Å². The largest absolute Gasteiger partial charge is 0.394 e. The standard InChI is InChI=1S/C10H17N.2C2H6/c1-4-9-6-5-8(2)10(9)7-11-3;2*1-2/h4,7-8,11H,5-6H2,1-3H3;2*1-2H3/b9-4-,10-7-;;. The Bertz CT molecular complexity index is 190. The molecule has 0 bridgehead atoms. The first-order chi connectivity index (χ1) is 7.29. The van der Waals surface area contributed by atoms with E-state index in [9.17, 15) is 0 Å². The Labute approximate surface area is 96.7 Å². The summed E-state index contributed by atoms with van der Waals surface area (Å²) in [7, 11) is 1.96. The molecule has 1 atom stereocenters. The molecule has 1 unspecified atom stereocenters. The normalized spacial score (nSPS) is 24.1. The lowest BCUT2D eigenvalue weighted by atomic mass is 10.0. The summed E-state index contributed by atoms with van der Waals surface area (Å²) >= 11 is 0. The first-order valence-corrected chi connectivity index (χ1v) is 6.32. The molecule has 0 radical (unpaired) electrons. The third-order valence-electron chi connectivity index (χ3n) is 2.40. The van der Waals surface area contributed by atoms with Crippen LogP contribution in [0.25, 0.3) is 0 Å². The monoisotopic (exact) mass is 211 g/mol. The van der Waals surface area contributed by atoms with Crippen LogP contribution in [0.2, 0.25) is 0 Å². The molecule has 1 N–H and O–H groups in total. The van der Waals surface area contributed by atoms with Crippen molar-refractivity contribution in [3.63, 3.8) is 0 Å². The quantitative estimate of drug-likeness (QED) is 0.672.